The molecule has 5 rings (SSSR count). The molecule has 10 nitrogen and oxygen atoms in total. The first-order valence-corrected chi connectivity index (χ1v) is 11.4. The number of benzene rings is 1. The molecule has 1 fully saturated rings. The minimum absolute atomic E-state index is 0.153. The van der Waals surface area contributed by atoms with Gasteiger partial charge in [0.05, 0.1) is 22.0 Å². The first-order valence-electron chi connectivity index (χ1n) is 11.0. The lowest BCUT2D eigenvalue weighted by Gasteiger charge is -2.31. The third-order valence-corrected chi connectivity index (χ3v) is 6.37. The molecule has 1 atom stereocenters. The van der Waals surface area contributed by atoms with Crippen LogP contribution in [0.5, 0.6) is 0 Å². The lowest BCUT2D eigenvalue weighted by Crippen LogP contribution is -2.40. The Hall–Kier alpha value is -4.18. The van der Waals surface area contributed by atoms with E-state index in [1.807, 2.05) is 10.7 Å². The summed E-state index contributed by atoms with van der Waals surface area (Å²) in [6.07, 6.45) is 3.75. The van der Waals surface area contributed by atoms with Crippen LogP contribution >= 0.6 is 11.6 Å². The number of fused-ring (bicyclic) bond motifs is 1. The quantitative estimate of drug-likeness (QED) is 0.386. The number of nitrogens with one attached hydrogen (secondary N) is 1. The van der Waals surface area contributed by atoms with Crippen LogP contribution < -0.4 is 11.1 Å². The molecular formula is C24H22ClN7O3. The van der Waals surface area contributed by atoms with Crippen molar-refractivity contribution in [3.63, 3.8) is 0 Å². The lowest BCUT2D eigenvalue weighted by molar-refractivity contribution is 0.102. The zero-order valence-corrected chi connectivity index (χ0v) is 19.3. The Kier molecular flexibility index (Phi) is 5.96. The van der Waals surface area contributed by atoms with Gasteiger partial charge in [0.15, 0.2) is 0 Å². The molecule has 1 aromatic carbocycles. The minimum Gasteiger partial charge on any atom is -0.465 e. The van der Waals surface area contributed by atoms with E-state index >= 15 is 0 Å². The maximum absolute atomic E-state index is 12.7. The third kappa shape index (κ3) is 4.35. The zero-order valence-electron chi connectivity index (χ0n) is 18.6. The van der Waals surface area contributed by atoms with Gasteiger partial charge in [0, 0.05) is 36.6 Å². The molecule has 0 bridgehead atoms. The molecule has 0 radical (unpaired) electrons. The number of pyridine rings is 2. The molecule has 0 aliphatic carbocycles. The van der Waals surface area contributed by atoms with Gasteiger partial charge < -0.3 is 21.1 Å². The largest absolute Gasteiger partial charge is 0.465 e. The predicted octanol–water partition coefficient (Wildman–Crippen LogP) is 4.30. The molecule has 0 spiro atoms. The summed E-state index contributed by atoms with van der Waals surface area (Å²) < 4.78 is 1.82. The normalized spacial score (nSPS) is 15.8. The summed E-state index contributed by atoms with van der Waals surface area (Å²) in [6, 6.07) is 11.8. The summed E-state index contributed by atoms with van der Waals surface area (Å²) in [5.41, 5.74) is 8.48. The van der Waals surface area contributed by atoms with Crippen molar-refractivity contribution in [3.8, 4) is 11.3 Å². The van der Waals surface area contributed by atoms with E-state index in [1.165, 1.54) is 4.90 Å². The van der Waals surface area contributed by atoms with Gasteiger partial charge in [-0.05, 0) is 43.2 Å². The summed E-state index contributed by atoms with van der Waals surface area (Å²) >= 11 is 6.63. The van der Waals surface area contributed by atoms with E-state index < -0.39 is 6.09 Å². The van der Waals surface area contributed by atoms with E-state index in [2.05, 4.69) is 15.3 Å². The number of carbonyl (C=O) groups excluding carboxylic acids is 1. The molecule has 35 heavy (non-hydrogen) atoms. The van der Waals surface area contributed by atoms with Gasteiger partial charge in [0.2, 0.25) is 0 Å². The standard InChI is InChI=1S/C24H22ClN7O3/c25-17-12-14(23(33)29-19-5-1-2-9-27-19)6-7-16(17)21-20-18(8-10-28-22(20)26)32(30-21)15-4-3-11-31(13-15)24(34)35/h1-2,5-10,12,15H,3-4,11,13H2,(H2,26,28)(H,34,35)(H,27,29,33)/t15-/m1/s1. The van der Waals surface area contributed by atoms with Gasteiger partial charge >= 0.3 is 6.09 Å². The van der Waals surface area contributed by atoms with Gasteiger partial charge in [-0.3, -0.25) is 9.48 Å². The van der Waals surface area contributed by atoms with Crippen LogP contribution in [0.4, 0.5) is 16.4 Å². The number of likely N-dealkylation sites (tertiary alicyclic amines) is 1. The molecule has 4 aromatic rings. The van der Waals surface area contributed by atoms with Crippen LogP contribution in [-0.4, -0.2) is 54.8 Å². The number of hydrogen-bond donors (Lipinski definition) is 3. The average Bonchev–Trinajstić information content (AvgIpc) is 3.25. The monoisotopic (exact) mass is 491 g/mol. The molecule has 3 aromatic heterocycles. The van der Waals surface area contributed by atoms with Crippen LogP contribution in [0.15, 0.2) is 54.9 Å². The van der Waals surface area contributed by atoms with Gasteiger partial charge in [-0.1, -0.05) is 23.7 Å². The lowest BCUT2D eigenvalue weighted by atomic mass is 10.0. The highest BCUT2D eigenvalue weighted by Crippen LogP contribution is 2.37. The summed E-state index contributed by atoms with van der Waals surface area (Å²) in [7, 11) is 0. The Balaban J connectivity index is 1.52. The number of nitrogens with two attached hydrogens (primary N) is 1. The van der Waals surface area contributed by atoms with Crippen molar-refractivity contribution >= 4 is 46.1 Å². The predicted molar refractivity (Wildman–Crippen MR) is 132 cm³/mol. The fourth-order valence-electron chi connectivity index (χ4n) is 4.38. The van der Waals surface area contributed by atoms with E-state index in [9.17, 15) is 14.7 Å². The van der Waals surface area contributed by atoms with E-state index in [4.69, 9.17) is 22.4 Å². The third-order valence-electron chi connectivity index (χ3n) is 6.06. The van der Waals surface area contributed by atoms with Crippen LogP contribution in [0.2, 0.25) is 5.02 Å². The van der Waals surface area contributed by atoms with Crippen molar-refractivity contribution in [2.24, 2.45) is 0 Å². The number of hydrogen-bond acceptors (Lipinski definition) is 6. The second-order valence-corrected chi connectivity index (χ2v) is 8.68. The van der Waals surface area contributed by atoms with Crippen molar-refractivity contribution in [3.05, 3.63) is 65.4 Å². The second-order valence-electron chi connectivity index (χ2n) is 8.27. The van der Waals surface area contributed by atoms with Gasteiger partial charge in [0.25, 0.3) is 5.91 Å². The molecule has 1 aliphatic heterocycles. The molecule has 0 unspecified atom stereocenters. The topological polar surface area (TPSA) is 139 Å². The maximum Gasteiger partial charge on any atom is 0.407 e. The molecule has 178 valence electrons. The number of anilines is 2. The van der Waals surface area contributed by atoms with Crippen LogP contribution in [0.25, 0.3) is 22.2 Å². The average molecular weight is 492 g/mol. The second kappa shape index (κ2) is 9.22. The molecule has 1 saturated heterocycles. The van der Waals surface area contributed by atoms with Crippen molar-refractivity contribution in [1.82, 2.24) is 24.6 Å². The Bertz CT molecular complexity index is 1420. The van der Waals surface area contributed by atoms with E-state index in [0.717, 1.165) is 18.4 Å². The number of aromatic nitrogens is 4. The van der Waals surface area contributed by atoms with Crippen molar-refractivity contribution in [1.29, 1.82) is 0 Å². The highest BCUT2D eigenvalue weighted by Gasteiger charge is 2.28. The summed E-state index contributed by atoms with van der Waals surface area (Å²) in [5.74, 6) is 0.386. The van der Waals surface area contributed by atoms with Crippen LogP contribution in [0, 0.1) is 0 Å². The number of nitrogen functional groups attached to an aromatic ring is 1. The maximum atomic E-state index is 12.7. The minimum atomic E-state index is -0.949. The number of nitrogens with zero attached hydrogens (tertiary/aromatic N) is 5. The fraction of sp³-hybridized carbons (Fsp3) is 0.208. The molecule has 0 saturated carbocycles. The molecule has 1 aliphatic rings. The van der Waals surface area contributed by atoms with E-state index in [0.29, 0.717) is 52.0 Å². The number of halogens is 1. The zero-order chi connectivity index (χ0) is 24.5. The Morgan fingerprint density at radius 2 is 2.00 bits per heavy atom. The smallest absolute Gasteiger partial charge is 0.407 e. The Morgan fingerprint density at radius 3 is 2.74 bits per heavy atom. The molecule has 2 amide bonds. The molecule has 4 N–H and O–H groups in total. The first-order chi connectivity index (χ1) is 16.9. The van der Waals surface area contributed by atoms with E-state index in [1.54, 1.807) is 48.8 Å². The summed E-state index contributed by atoms with van der Waals surface area (Å²) in [5, 5.41) is 18.0. The number of piperidine rings is 1. The number of rotatable bonds is 4. The van der Waals surface area contributed by atoms with Crippen molar-refractivity contribution in [2.75, 3.05) is 24.1 Å². The van der Waals surface area contributed by atoms with Crippen LogP contribution in [0.1, 0.15) is 29.2 Å². The number of carbonyl (C=O) groups is 2. The number of carboxylic acid groups (broad SMARTS) is 1. The summed E-state index contributed by atoms with van der Waals surface area (Å²) in [6.45, 7) is 0.823. The van der Waals surface area contributed by atoms with Crippen LogP contribution in [0.3, 0.4) is 0 Å². The molecule has 11 heteroatoms. The molecule has 4 heterocycles. The van der Waals surface area contributed by atoms with Crippen LogP contribution in [-0.2, 0) is 0 Å². The molecular weight excluding hydrogens is 470 g/mol. The Labute approximate surface area is 205 Å². The Morgan fingerprint density at radius 1 is 1.14 bits per heavy atom. The van der Waals surface area contributed by atoms with E-state index in [-0.39, 0.29) is 11.9 Å². The van der Waals surface area contributed by atoms with Crippen molar-refractivity contribution in [2.45, 2.75) is 18.9 Å². The fourth-order valence-corrected chi connectivity index (χ4v) is 4.65. The highest BCUT2D eigenvalue weighted by molar-refractivity contribution is 6.34. The van der Waals surface area contributed by atoms with Gasteiger partial charge in [-0.15, -0.1) is 0 Å². The van der Waals surface area contributed by atoms with Crippen molar-refractivity contribution < 1.29 is 14.7 Å². The number of amides is 2. The first kappa shape index (κ1) is 22.6. The van der Waals surface area contributed by atoms with Gasteiger partial charge in [0.1, 0.15) is 17.3 Å². The summed E-state index contributed by atoms with van der Waals surface area (Å²) in [4.78, 5) is 33.9. The van der Waals surface area contributed by atoms with Gasteiger partial charge in [-0.2, -0.15) is 5.10 Å². The SMILES string of the molecule is Nc1nccc2c1c(-c1ccc(C(=O)Nc3ccccn3)cc1Cl)nn2[C@@H]1CCCN(C(=O)O)C1. The highest BCUT2D eigenvalue weighted by atomic mass is 35.5. The van der Waals surface area contributed by atoms with Gasteiger partial charge in [-0.25, -0.2) is 14.8 Å².